The minimum Gasteiger partial charge on any atom is -0.381 e. The first kappa shape index (κ1) is 11.6. The van der Waals surface area contributed by atoms with Crippen molar-refractivity contribution < 1.29 is 4.74 Å². The number of ether oxygens (including phenoxy) is 1. The lowest BCUT2D eigenvalue weighted by Gasteiger charge is -2.23. The molecule has 4 heteroatoms. The normalized spacial score (nSPS) is 17.8. The van der Waals surface area contributed by atoms with Gasteiger partial charge in [-0.05, 0) is 25.3 Å². The standard InChI is InChI=1S/C12H21N3O/c1-2-7-15-12(3-6-14-15)10-13-11-4-8-16-9-5-11/h3,6,11,13H,2,4-5,7-10H2,1H3. The second-order valence-corrected chi connectivity index (χ2v) is 4.31. The SMILES string of the molecule is CCCn1nccc1CNC1CCOCC1. The van der Waals surface area contributed by atoms with Crippen LogP contribution in [0.25, 0.3) is 0 Å². The lowest BCUT2D eigenvalue weighted by atomic mass is 10.1. The van der Waals surface area contributed by atoms with E-state index < -0.39 is 0 Å². The van der Waals surface area contributed by atoms with Crippen molar-refractivity contribution in [1.29, 1.82) is 0 Å². The van der Waals surface area contributed by atoms with Crippen LogP contribution in [0.5, 0.6) is 0 Å². The third kappa shape index (κ3) is 3.06. The van der Waals surface area contributed by atoms with Gasteiger partial charge in [0, 0.05) is 38.5 Å². The van der Waals surface area contributed by atoms with Gasteiger partial charge < -0.3 is 10.1 Å². The molecule has 16 heavy (non-hydrogen) atoms. The zero-order valence-electron chi connectivity index (χ0n) is 9.98. The van der Waals surface area contributed by atoms with Crippen molar-refractivity contribution in [1.82, 2.24) is 15.1 Å². The topological polar surface area (TPSA) is 39.1 Å². The Kier molecular flexibility index (Phi) is 4.36. The second-order valence-electron chi connectivity index (χ2n) is 4.31. The summed E-state index contributed by atoms with van der Waals surface area (Å²) in [5.41, 5.74) is 1.29. The minimum atomic E-state index is 0.610. The van der Waals surface area contributed by atoms with Crippen molar-refractivity contribution >= 4 is 0 Å². The van der Waals surface area contributed by atoms with E-state index in [2.05, 4.69) is 28.1 Å². The maximum absolute atomic E-state index is 5.34. The summed E-state index contributed by atoms with van der Waals surface area (Å²) in [5.74, 6) is 0. The summed E-state index contributed by atoms with van der Waals surface area (Å²) in [4.78, 5) is 0. The predicted octanol–water partition coefficient (Wildman–Crippen LogP) is 1.56. The zero-order valence-corrected chi connectivity index (χ0v) is 9.98. The number of hydrogen-bond donors (Lipinski definition) is 1. The van der Waals surface area contributed by atoms with Crippen LogP contribution in [0.1, 0.15) is 31.9 Å². The predicted molar refractivity (Wildman–Crippen MR) is 63.2 cm³/mol. The summed E-state index contributed by atoms with van der Waals surface area (Å²) in [6, 6.07) is 2.71. The molecule has 90 valence electrons. The first-order valence-electron chi connectivity index (χ1n) is 6.22. The fourth-order valence-corrected chi connectivity index (χ4v) is 2.07. The molecule has 0 amide bonds. The summed E-state index contributed by atoms with van der Waals surface area (Å²) >= 11 is 0. The van der Waals surface area contributed by atoms with Crippen molar-refractivity contribution in [2.45, 2.75) is 45.3 Å². The van der Waals surface area contributed by atoms with Gasteiger partial charge in [0.1, 0.15) is 0 Å². The Morgan fingerprint density at radius 1 is 1.50 bits per heavy atom. The number of aromatic nitrogens is 2. The monoisotopic (exact) mass is 223 g/mol. The number of nitrogens with zero attached hydrogens (tertiary/aromatic N) is 2. The van der Waals surface area contributed by atoms with Crippen molar-refractivity contribution in [3.8, 4) is 0 Å². The Balaban J connectivity index is 1.81. The van der Waals surface area contributed by atoms with Crippen LogP contribution in [-0.4, -0.2) is 29.0 Å². The van der Waals surface area contributed by atoms with Crippen molar-refractivity contribution in [2.24, 2.45) is 0 Å². The van der Waals surface area contributed by atoms with E-state index in [4.69, 9.17) is 4.74 Å². The Bertz CT molecular complexity index is 305. The molecule has 1 aromatic rings. The summed E-state index contributed by atoms with van der Waals surface area (Å²) in [7, 11) is 0. The van der Waals surface area contributed by atoms with Gasteiger partial charge in [0.15, 0.2) is 0 Å². The molecule has 2 heterocycles. The fourth-order valence-electron chi connectivity index (χ4n) is 2.07. The molecule has 0 atom stereocenters. The Labute approximate surface area is 97.0 Å². The molecule has 0 radical (unpaired) electrons. The maximum Gasteiger partial charge on any atom is 0.0522 e. The van der Waals surface area contributed by atoms with E-state index in [-0.39, 0.29) is 0 Å². The highest BCUT2D eigenvalue weighted by atomic mass is 16.5. The maximum atomic E-state index is 5.34. The lowest BCUT2D eigenvalue weighted by Crippen LogP contribution is -2.34. The molecule has 1 saturated heterocycles. The van der Waals surface area contributed by atoms with E-state index in [1.54, 1.807) is 0 Å². The quantitative estimate of drug-likeness (QED) is 0.823. The molecule has 0 saturated carbocycles. The van der Waals surface area contributed by atoms with E-state index in [1.807, 2.05) is 6.20 Å². The molecule has 0 bridgehead atoms. The molecular formula is C12H21N3O. The highest BCUT2D eigenvalue weighted by molar-refractivity contribution is 5.00. The second kappa shape index (κ2) is 6.01. The van der Waals surface area contributed by atoms with Crippen molar-refractivity contribution in [3.63, 3.8) is 0 Å². The fraction of sp³-hybridized carbons (Fsp3) is 0.750. The van der Waals surface area contributed by atoms with Gasteiger partial charge in [-0.25, -0.2) is 0 Å². The van der Waals surface area contributed by atoms with Gasteiger partial charge in [-0.15, -0.1) is 0 Å². The smallest absolute Gasteiger partial charge is 0.0522 e. The molecule has 1 fully saturated rings. The van der Waals surface area contributed by atoms with Crippen LogP contribution in [0.15, 0.2) is 12.3 Å². The molecule has 1 aromatic heterocycles. The molecule has 0 unspecified atom stereocenters. The molecule has 1 aliphatic rings. The van der Waals surface area contributed by atoms with Gasteiger partial charge in [-0.3, -0.25) is 4.68 Å². The molecule has 1 N–H and O–H groups in total. The molecule has 0 aromatic carbocycles. The van der Waals surface area contributed by atoms with E-state index >= 15 is 0 Å². The van der Waals surface area contributed by atoms with Gasteiger partial charge in [0.05, 0.1) is 5.69 Å². The van der Waals surface area contributed by atoms with Gasteiger partial charge in [-0.2, -0.15) is 5.10 Å². The van der Waals surface area contributed by atoms with Crippen LogP contribution >= 0.6 is 0 Å². The molecular weight excluding hydrogens is 202 g/mol. The third-order valence-electron chi connectivity index (χ3n) is 3.03. The zero-order chi connectivity index (χ0) is 11.2. The largest absolute Gasteiger partial charge is 0.381 e. The lowest BCUT2D eigenvalue weighted by molar-refractivity contribution is 0.0774. The highest BCUT2D eigenvalue weighted by Crippen LogP contribution is 2.08. The van der Waals surface area contributed by atoms with E-state index in [0.29, 0.717) is 6.04 Å². The number of aryl methyl sites for hydroxylation is 1. The Morgan fingerprint density at radius 2 is 2.31 bits per heavy atom. The highest BCUT2D eigenvalue weighted by Gasteiger charge is 2.13. The van der Waals surface area contributed by atoms with Crippen LogP contribution in [0.3, 0.4) is 0 Å². The van der Waals surface area contributed by atoms with Crippen LogP contribution < -0.4 is 5.32 Å². The summed E-state index contributed by atoms with van der Waals surface area (Å²) < 4.78 is 7.43. The van der Waals surface area contributed by atoms with Gasteiger partial charge in [-0.1, -0.05) is 6.92 Å². The average Bonchev–Trinajstić information content (AvgIpc) is 2.76. The van der Waals surface area contributed by atoms with Crippen LogP contribution in [-0.2, 0) is 17.8 Å². The van der Waals surface area contributed by atoms with Crippen molar-refractivity contribution in [3.05, 3.63) is 18.0 Å². The Hall–Kier alpha value is -0.870. The number of nitrogens with one attached hydrogen (secondary N) is 1. The van der Waals surface area contributed by atoms with Gasteiger partial charge >= 0.3 is 0 Å². The van der Waals surface area contributed by atoms with E-state index in [0.717, 1.165) is 45.6 Å². The summed E-state index contributed by atoms with van der Waals surface area (Å²) in [6.07, 6.45) is 5.27. The van der Waals surface area contributed by atoms with Crippen LogP contribution in [0, 0.1) is 0 Å². The molecule has 4 nitrogen and oxygen atoms in total. The Morgan fingerprint density at radius 3 is 3.06 bits per heavy atom. The first-order valence-corrected chi connectivity index (χ1v) is 6.22. The third-order valence-corrected chi connectivity index (χ3v) is 3.03. The number of hydrogen-bond acceptors (Lipinski definition) is 3. The average molecular weight is 223 g/mol. The van der Waals surface area contributed by atoms with E-state index in [9.17, 15) is 0 Å². The molecule has 0 spiro atoms. The van der Waals surface area contributed by atoms with Crippen molar-refractivity contribution in [2.75, 3.05) is 13.2 Å². The minimum absolute atomic E-state index is 0.610. The van der Waals surface area contributed by atoms with E-state index in [1.165, 1.54) is 5.69 Å². The van der Waals surface area contributed by atoms with Crippen LogP contribution in [0.4, 0.5) is 0 Å². The molecule has 2 rings (SSSR count). The summed E-state index contributed by atoms with van der Waals surface area (Å²) in [5, 5.41) is 7.90. The first-order chi connectivity index (χ1) is 7.90. The van der Waals surface area contributed by atoms with Gasteiger partial charge in [0.25, 0.3) is 0 Å². The van der Waals surface area contributed by atoms with Gasteiger partial charge in [0.2, 0.25) is 0 Å². The summed E-state index contributed by atoms with van der Waals surface area (Å²) in [6.45, 7) is 5.90. The number of rotatable bonds is 5. The molecule has 1 aliphatic heterocycles. The van der Waals surface area contributed by atoms with Crippen LogP contribution in [0.2, 0.25) is 0 Å². The molecule has 0 aliphatic carbocycles.